The van der Waals surface area contributed by atoms with E-state index in [1.807, 2.05) is 18.2 Å². The van der Waals surface area contributed by atoms with Gasteiger partial charge in [-0.25, -0.2) is 4.98 Å². The molecular weight excluding hydrogens is 178 g/mol. The van der Waals surface area contributed by atoms with Crippen LogP contribution in [0.4, 0.5) is 0 Å². The molecule has 71 valence electrons. The van der Waals surface area contributed by atoms with Gasteiger partial charge in [-0.3, -0.25) is 0 Å². The van der Waals surface area contributed by atoms with Gasteiger partial charge in [0.25, 0.3) is 0 Å². The van der Waals surface area contributed by atoms with Gasteiger partial charge in [-0.15, -0.1) is 0 Å². The lowest BCUT2D eigenvalue weighted by atomic mass is 10.2. The van der Waals surface area contributed by atoms with Crippen LogP contribution in [0.2, 0.25) is 0 Å². The van der Waals surface area contributed by atoms with E-state index < -0.39 is 0 Å². The lowest BCUT2D eigenvalue weighted by molar-refractivity contribution is 0.386. The Morgan fingerprint density at radius 2 is 2.14 bits per heavy atom. The van der Waals surface area contributed by atoms with Crippen molar-refractivity contribution >= 4 is 10.9 Å². The summed E-state index contributed by atoms with van der Waals surface area (Å²) < 4.78 is 10.3. The normalized spacial score (nSPS) is 10.1. The number of hydrogen-bond donors (Lipinski definition) is 0. The van der Waals surface area contributed by atoms with E-state index in [9.17, 15) is 0 Å². The SMILES string of the molecule is COc1cc(OC)c2ccc[c]c2n1. The number of para-hydroxylation sites is 1. The molecule has 2 rings (SSSR count). The molecule has 1 aromatic heterocycles. The summed E-state index contributed by atoms with van der Waals surface area (Å²) in [5.74, 6) is 1.29. The van der Waals surface area contributed by atoms with Gasteiger partial charge in [0.15, 0.2) is 0 Å². The largest absolute Gasteiger partial charge is 0.496 e. The highest BCUT2D eigenvalue weighted by Crippen LogP contribution is 2.27. The number of ether oxygens (including phenoxy) is 2. The van der Waals surface area contributed by atoms with Crippen molar-refractivity contribution in [2.45, 2.75) is 0 Å². The maximum Gasteiger partial charge on any atom is 0.217 e. The summed E-state index contributed by atoms with van der Waals surface area (Å²) in [6.45, 7) is 0. The molecule has 0 unspecified atom stereocenters. The van der Waals surface area contributed by atoms with Gasteiger partial charge in [-0.1, -0.05) is 12.1 Å². The molecule has 0 aliphatic heterocycles. The molecule has 2 aromatic rings. The average Bonchev–Trinajstić information content (AvgIpc) is 2.27. The second kappa shape index (κ2) is 3.54. The summed E-state index contributed by atoms with van der Waals surface area (Å²) in [7, 11) is 3.21. The highest BCUT2D eigenvalue weighted by atomic mass is 16.5. The van der Waals surface area contributed by atoms with Crippen LogP contribution in [0, 0.1) is 6.07 Å². The van der Waals surface area contributed by atoms with E-state index in [0.717, 1.165) is 16.7 Å². The number of aromatic nitrogens is 1. The minimum absolute atomic E-state index is 0.539. The predicted octanol–water partition coefficient (Wildman–Crippen LogP) is 2.05. The summed E-state index contributed by atoms with van der Waals surface area (Å²) in [5, 5.41) is 0.941. The number of fused-ring (bicyclic) bond motifs is 1. The van der Waals surface area contributed by atoms with Crippen LogP contribution in [0.15, 0.2) is 24.3 Å². The lowest BCUT2D eigenvalue weighted by Gasteiger charge is -2.06. The lowest BCUT2D eigenvalue weighted by Crippen LogP contribution is -1.92. The Hall–Kier alpha value is -1.77. The van der Waals surface area contributed by atoms with E-state index in [-0.39, 0.29) is 0 Å². The molecule has 0 N–H and O–H groups in total. The van der Waals surface area contributed by atoms with Crippen LogP contribution in [0.3, 0.4) is 0 Å². The Balaban J connectivity index is 2.73. The monoisotopic (exact) mass is 188 g/mol. The number of pyridine rings is 1. The molecule has 0 aliphatic rings. The van der Waals surface area contributed by atoms with Crippen LogP contribution in [-0.4, -0.2) is 19.2 Å². The van der Waals surface area contributed by atoms with Crippen molar-refractivity contribution < 1.29 is 9.47 Å². The van der Waals surface area contributed by atoms with Gasteiger partial charge >= 0.3 is 0 Å². The molecule has 1 aromatic carbocycles. The number of methoxy groups -OCH3 is 2. The van der Waals surface area contributed by atoms with Crippen LogP contribution in [-0.2, 0) is 0 Å². The minimum atomic E-state index is 0.539. The van der Waals surface area contributed by atoms with Gasteiger partial charge in [0.2, 0.25) is 5.88 Å². The van der Waals surface area contributed by atoms with E-state index in [4.69, 9.17) is 9.47 Å². The fraction of sp³-hybridized carbons (Fsp3) is 0.182. The zero-order valence-electron chi connectivity index (χ0n) is 8.07. The first-order valence-corrected chi connectivity index (χ1v) is 4.24. The highest BCUT2D eigenvalue weighted by Gasteiger charge is 2.05. The van der Waals surface area contributed by atoms with Gasteiger partial charge < -0.3 is 9.47 Å². The molecule has 0 fully saturated rings. The molecule has 14 heavy (non-hydrogen) atoms. The molecule has 0 amide bonds. The van der Waals surface area contributed by atoms with Crippen LogP contribution in [0.25, 0.3) is 10.9 Å². The van der Waals surface area contributed by atoms with Crippen molar-refractivity contribution in [2.24, 2.45) is 0 Å². The molecule has 1 heterocycles. The number of hydrogen-bond acceptors (Lipinski definition) is 3. The molecule has 0 bridgehead atoms. The second-order valence-corrected chi connectivity index (χ2v) is 2.80. The average molecular weight is 188 g/mol. The van der Waals surface area contributed by atoms with Crippen LogP contribution >= 0.6 is 0 Å². The zero-order chi connectivity index (χ0) is 9.97. The van der Waals surface area contributed by atoms with Gasteiger partial charge in [0.05, 0.1) is 19.7 Å². The zero-order valence-corrected chi connectivity index (χ0v) is 8.07. The Labute approximate surface area is 82.3 Å². The highest BCUT2D eigenvalue weighted by molar-refractivity contribution is 5.85. The van der Waals surface area contributed by atoms with Crippen molar-refractivity contribution in [2.75, 3.05) is 14.2 Å². The molecule has 3 nitrogen and oxygen atoms in total. The Morgan fingerprint density at radius 1 is 1.29 bits per heavy atom. The summed E-state index contributed by atoms with van der Waals surface area (Å²) in [6.07, 6.45) is 0. The van der Waals surface area contributed by atoms with Crippen molar-refractivity contribution in [3.05, 3.63) is 30.3 Å². The van der Waals surface area contributed by atoms with E-state index in [2.05, 4.69) is 11.1 Å². The Bertz CT molecular complexity index is 454. The topological polar surface area (TPSA) is 31.4 Å². The van der Waals surface area contributed by atoms with Crippen LogP contribution < -0.4 is 9.47 Å². The van der Waals surface area contributed by atoms with Crippen molar-refractivity contribution in [1.82, 2.24) is 4.98 Å². The maximum absolute atomic E-state index is 5.23. The number of nitrogens with zero attached hydrogens (tertiary/aromatic N) is 1. The molecule has 0 saturated carbocycles. The number of benzene rings is 1. The summed E-state index contributed by atoms with van der Waals surface area (Å²) in [5.41, 5.74) is 0.753. The molecular formula is C11H10NO2. The smallest absolute Gasteiger partial charge is 0.217 e. The first-order valence-electron chi connectivity index (χ1n) is 4.24. The number of rotatable bonds is 2. The maximum atomic E-state index is 5.23. The van der Waals surface area contributed by atoms with E-state index >= 15 is 0 Å². The van der Waals surface area contributed by atoms with E-state index in [1.54, 1.807) is 20.3 Å². The quantitative estimate of drug-likeness (QED) is 0.722. The first kappa shape index (κ1) is 8.81. The molecule has 1 radical (unpaired) electrons. The third-order valence-corrected chi connectivity index (χ3v) is 2.01. The van der Waals surface area contributed by atoms with Crippen molar-refractivity contribution in [1.29, 1.82) is 0 Å². The van der Waals surface area contributed by atoms with Gasteiger partial charge in [-0.05, 0) is 6.07 Å². The Morgan fingerprint density at radius 3 is 2.86 bits per heavy atom. The molecule has 0 saturated heterocycles. The summed E-state index contributed by atoms with van der Waals surface area (Å²) >= 11 is 0. The second-order valence-electron chi connectivity index (χ2n) is 2.80. The van der Waals surface area contributed by atoms with Gasteiger partial charge in [-0.2, -0.15) is 0 Å². The van der Waals surface area contributed by atoms with E-state index in [1.165, 1.54) is 0 Å². The summed E-state index contributed by atoms with van der Waals surface area (Å²) in [6, 6.07) is 10.4. The molecule has 0 spiro atoms. The summed E-state index contributed by atoms with van der Waals surface area (Å²) in [4.78, 5) is 4.24. The predicted molar refractivity (Wildman–Crippen MR) is 53.7 cm³/mol. The van der Waals surface area contributed by atoms with Crippen molar-refractivity contribution in [3.8, 4) is 11.6 Å². The van der Waals surface area contributed by atoms with Gasteiger partial charge in [0, 0.05) is 17.5 Å². The standard InChI is InChI=1S/C11H10NO2/c1-13-10-7-11(14-2)12-9-6-4-3-5-8(9)10/h3-5,7H,1-2H3. The van der Waals surface area contributed by atoms with Gasteiger partial charge in [0.1, 0.15) is 5.75 Å². The third-order valence-electron chi connectivity index (χ3n) is 2.01. The Kier molecular flexibility index (Phi) is 2.23. The first-order chi connectivity index (χ1) is 6.85. The third kappa shape index (κ3) is 1.37. The fourth-order valence-corrected chi connectivity index (χ4v) is 1.33. The molecule has 0 atom stereocenters. The fourth-order valence-electron chi connectivity index (χ4n) is 1.33. The van der Waals surface area contributed by atoms with Crippen molar-refractivity contribution in [3.63, 3.8) is 0 Å². The minimum Gasteiger partial charge on any atom is -0.496 e. The molecule has 3 heteroatoms. The van der Waals surface area contributed by atoms with E-state index in [0.29, 0.717) is 5.88 Å². The van der Waals surface area contributed by atoms with Crippen LogP contribution in [0.5, 0.6) is 11.6 Å². The van der Waals surface area contributed by atoms with Crippen LogP contribution in [0.1, 0.15) is 0 Å². The molecule has 0 aliphatic carbocycles.